The number of likely N-dealkylation sites (N-methyl/N-ethyl adjacent to an activating group) is 1. The zero-order chi connectivity index (χ0) is 9.84. The molecular weight excluding hydrogens is 158 g/mol. The molecule has 0 saturated carbocycles. The van der Waals surface area contributed by atoms with Gasteiger partial charge in [-0.25, -0.2) is 0 Å². The molecule has 1 rings (SSSR count). The first-order valence-electron chi connectivity index (χ1n) is 4.27. The minimum absolute atomic E-state index is 0.908. The van der Waals surface area contributed by atoms with Gasteiger partial charge in [-0.2, -0.15) is 0 Å². The normalized spacial score (nSPS) is 9.38. The van der Waals surface area contributed by atoms with Crippen LogP contribution in [-0.2, 0) is 0 Å². The largest absolute Gasteiger partial charge is 0.345 e. The molecule has 0 saturated heterocycles. The number of anilines is 1. The van der Waals surface area contributed by atoms with Crippen molar-refractivity contribution in [2.24, 2.45) is 0 Å². The highest BCUT2D eigenvalue weighted by atomic mass is 15.1. The van der Waals surface area contributed by atoms with Gasteiger partial charge in [-0.15, -0.1) is 0 Å². The molecule has 0 unspecified atom stereocenters. The van der Waals surface area contributed by atoms with Gasteiger partial charge in [0.2, 0.25) is 0 Å². The monoisotopic (exact) mass is 173 g/mol. The van der Waals surface area contributed by atoms with Gasteiger partial charge >= 0.3 is 0 Å². The number of allylic oxidation sites excluding steroid dienone is 1. The second-order valence-electron chi connectivity index (χ2n) is 3.09. The smallest absolute Gasteiger partial charge is 0.0410 e. The molecule has 13 heavy (non-hydrogen) atoms. The highest BCUT2D eigenvalue weighted by molar-refractivity contribution is 5.53. The van der Waals surface area contributed by atoms with Crippen LogP contribution in [-0.4, -0.2) is 7.05 Å². The summed E-state index contributed by atoms with van der Waals surface area (Å²) in [7, 11) is 1.98. The van der Waals surface area contributed by atoms with Crippen molar-refractivity contribution in [1.29, 1.82) is 0 Å². The molecule has 1 nitrogen and oxygen atoms in total. The Kier molecular flexibility index (Phi) is 2.91. The standard InChI is InChI=1S/C12H15N/c1-5-11(3)13(4)12-8-6-7-10(2)9-12/h5-9H,1,3H2,2,4H3. The van der Waals surface area contributed by atoms with Crippen LogP contribution in [0.4, 0.5) is 5.69 Å². The number of benzene rings is 1. The lowest BCUT2D eigenvalue weighted by atomic mass is 10.2. The summed E-state index contributed by atoms with van der Waals surface area (Å²) in [5.41, 5.74) is 3.30. The lowest BCUT2D eigenvalue weighted by Crippen LogP contribution is -2.13. The molecule has 0 aliphatic heterocycles. The maximum atomic E-state index is 3.89. The number of hydrogen-bond acceptors (Lipinski definition) is 1. The van der Waals surface area contributed by atoms with E-state index in [1.165, 1.54) is 5.56 Å². The van der Waals surface area contributed by atoms with Gasteiger partial charge in [0.25, 0.3) is 0 Å². The fraction of sp³-hybridized carbons (Fsp3) is 0.167. The second-order valence-corrected chi connectivity index (χ2v) is 3.09. The van der Waals surface area contributed by atoms with Crippen LogP contribution in [0.3, 0.4) is 0 Å². The Labute approximate surface area is 80.0 Å². The van der Waals surface area contributed by atoms with Crippen LogP contribution in [0.5, 0.6) is 0 Å². The number of nitrogens with zero attached hydrogens (tertiary/aromatic N) is 1. The van der Waals surface area contributed by atoms with E-state index in [9.17, 15) is 0 Å². The highest BCUT2D eigenvalue weighted by Crippen LogP contribution is 2.17. The first-order valence-corrected chi connectivity index (χ1v) is 4.27. The summed E-state index contributed by atoms with van der Waals surface area (Å²) in [6.07, 6.45) is 1.75. The Morgan fingerprint density at radius 3 is 2.69 bits per heavy atom. The third-order valence-electron chi connectivity index (χ3n) is 2.06. The molecule has 0 aliphatic rings. The highest BCUT2D eigenvalue weighted by Gasteiger charge is 2.00. The van der Waals surface area contributed by atoms with Crippen LogP contribution in [0.25, 0.3) is 0 Å². The van der Waals surface area contributed by atoms with Crippen LogP contribution >= 0.6 is 0 Å². The third-order valence-corrected chi connectivity index (χ3v) is 2.06. The molecular formula is C12H15N. The predicted octanol–water partition coefficient (Wildman–Crippen LogP) is 3.13. The molecule has 0 fully saturated rings. The lowest BCUT2D eigenvalue weighted by Gasteiger charge is -2.19. The van der Waals surface area contributed by atoms with Crippen molar-refractivity contribution in [3.8, 4) is 0 Å². The van der Waals surface area contributed by atoms with Gasteiger partial charge in [-0.05, 0) is 30.7 Å². The van der Waals surface area contributed by atoms with Gasteiger partial charge in [0.05, 0.1) is 0 Å². The van der Waals surface area contributed by atoms with Crippen LogP contribution in [0.15, 0.2) is 49.2 Å². The number of aryl methyl sites for hydroxylation is 1. The Balaban J connectivity index is 2.94. The summed E-state index contributed by atoms with van der Waals surface area (Å²) < 4.78 is 0. The van der Waals surface area contributed by atoms with Crippen LogP contribution in [0.1, 0.15) is 5.56 Å². The van der Waals surface area contributed by atoms with E-state index in [2.05, 4.69) is 38.3 Å². The number of hydrogen-bond donors (Lipinski definition) is 0. The van der Waals surface area contributed by atoms with Crippen LogP contribution in [0, 0.1) is 6.92 Å². The summed E-state index contributed by atoms with van der Waals surface area (Å²) in [6.45, 7) is 9.65. The van der Waals surface area contributed by atoms with E-state index in [4.69, 9.17) is 0 Å². The maximum absolute atomic E-state index is 3.89. The van der Waals surface area contributed by atoms with E-state index in [1.807, 2.05) is 18.0 Å². The Hall–Kier alpha value is -1.50. The van der Waals surface area contributed by atoms with Crippen molar-refractivity contribution >= 4 is 5.69 Å². The Morgan fingerprint density at radius 1 is 1.46 bits per heavy atom. The molecule has 0 bridgehead atoms. The van der Waals surface area contributed by atoms with Gasteiger partial charge in [0.1, 0.15) is 0 Å². The average molecular weight is 173 g/mol. The molecule has 68 valence electrons. The zero-order valence-corrected chi connectivity index (χ0v) is 8.25. The maximum Gasteiger partial charge on any atom is 0.0410 e. The molecule has 0 atom stereocenters. The van der Waals surface area contributed by atoms with Crippen molar-refractivity contribution < 1.29 is 0 Å². The molecule has 0 radical (unpaired) electrons. The van der Waals surface area contributed by atoms with E-state index >= 15 is 0 Å². The van der Waals surface area contributed by atoms with Crippen molar-refractivity contribution in [1.82, 2.24) is 0 Å². The second kappa shape index (κ2) is 3.94. The van der Waals surface area contributed by atoms with E-state index in [0.29, 0.717) is 0 Å². The zero-order valence-electron chi connectivity index (χ0n) is 8.25. The topological polar surface area (TPSA) is 3.24 Å². The van der Waals surface area contributed by atoms with Crippen molar-refractivity contribution in [2.45, 2.75) is 6.92 Å². The fourth-order valence-corrected chi connectivity index (χ4v) is 1.14. The van der Waals surface area contributed by atoms with E-state index < -0.39 is 0 Å². The minimum atomic E-state index is 0.908. The van der Waals surface area contributed by atoms with Crippen LogP contribution in [0.2, 0.25) is 0 Å². The Bertz CT molecular complexity index is 326. The summed E-state index contributed by atoms with van der Waals surface area (Å²) in [6, 6.07) is 8.29. The summed E-state index contributed by atoms with van der Waals surface area (Å²) in [5.74, 6) is 0. The molecule has 1 heteroatoms. The Morgan fingerprint density at radius 2 is 2.15 bits per heavy atom. The SMILES string of the molecule is C=CC(=C)N(C)c1cccc(C)c1. The van der Waals surface area contributed by atoms with Gasteiger partial charge in [-0.1, -0.05) is 25.3 Å². The molecule has 0 spiro atoms. The molecule has 0 amide bonds. The summed E-state index contributed by atoms with van der Waals surface area (Å²) >= 11 is 0. The van der Waals surface area contributed by atoms with Gasteiger partial charge in [0, 0.05) is 18.4 Å². The molecule has 1 aromatic rings. The van der Waals surface area contributed by atoms with Crippen molar-refractivity contribution in [3.63, 3.8) is 0 Å². The lowest BCUT2D eigenvalue weighted by molar-refractivity contribution is 1.14. The van der Waals surface area contributed by atoms with Crippen LogP contribution < -0.4 is 4.90 Å². The first kappa shape index (κ1) is 9.59. The summed E-state index contributed by atoms with van der Waals surface area (Å²) in [5, 5.41) is 0. The molecule has 0 heterocycles. The third kappa shape index (κ3) is 2.22. The molecule has 0 aromatic heterocycles. The van der Waals surface area contributed by atoms with Gasteiger partial charge < -0.3 is 4.90 Å². The number of rotatable bonds is 3. The van der Waals surface area contributed by atoms with Gasteiger partial charge in [0.15, 0.2) is 0 Å². The van der Waals surface area contributed by atoms with E-state index in [1.54, 1.807) is 6.08 Å². The van der Waals surface area contributed by atoms with Gasteiger partial charge in [-0.3, -0.25) is 0 Å². The minimum Gasteiger partial charge on any atom is -0.345 e. The fourth-order valence-electron chi connectivity index (χ4n) is 1.14. The quantitative estimate of drug-likeness (QED) is 0.635. The van der Waals surface area contributed by atoms with E-state index in [0.717, 1.165) is 11.4 Å². The van der Waals surface area contributed by atoms with Crippen molar-refractivity contribution in [2.75, 3.05) is 11.9 Å². The predicted molar refractivity (Wildman–Crippen MR) is 58.9 cm³/mol. The molecule has 0 aliphatic carbocycles. The molecule has 1 aromatic carbocycles. The van der Waals surface area contributed by atoms with E-state index in [-0.39, 0.29) is 0 Å². The van der Waals surface area contributed by atoms with Crippen molar-refractivity contribution in [3.05, 3.63) is 54.8 Å². The average Bonchev–Trinajstić information content (AvgIpc) is 2.15. The molecule has 0 N–H and O–H groups in total. The first-order chi connectivity index (χ1) is 6.15. The summed E-state index contributed by atoms with van der Waals surface area (Å²) in [4.78, 5) is 2.01.